The summed E-state index contributed by atoms with van der Waals surface area (Å²) < 4.78 is 10.8. The van der Waals surface area contributed by atoms with Crippen molar-refractivity contribution in [1.29, 1.82) is 0 Å². The zero-order chi connectivity index (χ0) is 23.3. The normalized spacial score (nSPS) is 25.0. The lowest BCUT2D eigenvalue weighted by molar-refractivity contribution is -0.135. The summed E-state index contributed by atoms with van der Waals surface area (Å²) in [6.07, 6.45) is 6.39. The maximum absolute atomic E-state index is 12.9. The van der Waals surface area contributed by atoms with Crippen LogP contribution in [0.15, 0.2) is 61.2 Å². The van der Waals surface area contributed by atoms with Crippen LogP contribution in [0.1, 0.15) is 43.7 Å². The van der Waals surface area contributed by atoms with Crippen molar-refractivity contribution in [2.24, 2.45) is 5.92 Å². The van der Waals surface area contributed by atoms with Gasteiger partial charge in [0.2, 0.25) is 5.91 Å². The predicted octanol–water partition coefficient (Wildman–Crippen LogP) is 4.57. The maximum atomic E-state index is 12.9. The average Bonchev–Trinajstić information content (AvgIpc) is 2.83. The van der Waals surface area contributed by atoms with Crippen molar-refractivity contribution < 1.29 is 19.4 Å². The number of carbonyl (C=O) groups excluding carboxylic acids is 1. The van der Waals surface area contributed by atoms with Crippen LogP contribution in [-0.2, 0) is 4.79 Å². The molecule has 1 saturated heterocycles. The van der Waals surface area contributed by atoms with E-state index in [1.54, 1.807) is 13.2 Å². The van der Waals surface area contributed by atoms with Gasteiger partial charge in [0.25, 0.3) is 0 Å². The predicted molar refractivity (Wildman–Crippen MR) is 130 cm³/mol. The number of amides is 1. The third-order valence-corrected chi connectivity index (χ3v) is 6.98. The molecule has 1 saturated carbocycles. The fourth-order valence-corrected chi connectivity index (χ4v) is 5.34. The van der Waals surface area contributed by atoms with Crippen molar-refractivity contribution in [2.45, 2.75) is 43.7 Å². The van der Waals surface area contributed by atoms with E-state index < -0.39 is 5.60 Å². The summed E-state index contributed by atoms with van der Waals surface area (Å²) in [4.78, 5) is 15.2. The van der Waals surface area contributed by atoms with Crippen LogP contribution in [0.25, 0.3) is 0 Å². The number of likely N-dealkylation sites (tertiary alicyclic amines) is 1. The Morgan fingerprint density at radius 1 is 1.15 bits per heavy atom. The molecule has 6 heteroatoms. The van der Waals surface area contributed by atoms with Crippen LogP contribution in [0.3, 0.4) is 0 Å². The van der Waals surface area contributed by atoms with Crippen LogP contribution < -0.4 is 14.8 Å². The molecule has 176 valence electrons. The van der Waals surface area contributed by atoms with Crippen molar-refractivity contribution in [1.82, 2.24) is 4.90 Å². The SMILES string of the molecule is C=CCOc1ccc(C2C3CCCCC3(O)CCN2CC(=O)Nc2ccc(OC)cc2)cc1. The molecular weight excluding hydrogens is 416 g/mol. The van der Waals surface area contributed by atoms with Gasteiger partial charge in [-0.3, -0.25) is 9.69 Å². The maximum Gasteiger partial charge on any atom is 0.238 e. The quantitative estimate of drug-likeness (QED) is 0.577. The van der Waals surface area contributed by atoms with Gasteiger partial charge in [0.05, 0.1) is 19.3 Å². The van der Waals surface area contributed by atoms with Gasteiger partial charge in [0.15, 0.2) is 0 Å². The molecule has 2 N–H and O–H groups in total. The molecule has 1 amide bonds. The van der Waals surface area contributed by atoms with Gasteiger partial charge in [-0.1, -0.05) is 37.6 Å². The van der Waals surface area contributed by atoms with Crippen molar-refractivity contribution >= 4 is 11.6 Å². The number of aliphatic hydroxyl groups is 1. The van der Waals surface area contributed by atoms with Gasteiger partial charge in [-0.25, -0.2) is 0 Å². The minimum atomic E-state index is -0.663. The van der Waals surface area contributed by atoms with Crippen molar-refractivity contribution in [3.63, 3.8) is 0 Å². The van der Waals surface area contributed by atoms with Crippen LogP contribution in [0.4, 0.5) is 5.69 Å². The number of carbonyl (C=O) groups is 1. The molecule has 0 spiro atoms. The molecule has 33 heavy (non-hydrogen) atoms. The van der Waals surface area contributed by atoms with E-state index in [9.17, 15) is 9.90 Å². The lowest BCUT2D eigenvalue weighted by atomic mass is 9.66. The molecule has 3 unspecified atom stereocenters. The van der Waals surface area contributed by atoms with Gasteiger partial charge in [0.1, 0.15) is 18.1 Å². The third-order valence-electron chi connectivity index (χ3n) is 6.98. The largest absolute Gasteiger partial charge is 0.497 e. The molecule has 2 aromatic rings. The second-order valence-electron chi connectivity index (χ2n) is 9.07. The van der Waals surface area contributed by atoms with Crippen molar-refractivity contribution in [3.05, 3.63) is 66.7 Å². The third kappa shape index (κ3) is 5.40. The number of nitrogens with one attached hydrogen (secondary N) is 1. The highest BCUT2D eigenvalue weighted by Crippen LogP contribution is 2.49. The lowest BCUT2D eigenvalue weighted by Gasteiger charge is -2.52. The number of methoxy groups -OCH3 is 1. The summed E-state index contributed by atoms with van der Waals surface area (Å²) in [7, 11) is 1.62. The van der Waals surface area contributed by atoms with Crippen LogP contribution in [-0.4, -0.2) is 48.3 Å². The summed E-state index contributed by atoms with van der Waals surface area (Å²) in [5.74, 6) is 1.59. The molecule has 6 nitrogen and oxygen atoms in total. The Morgan fingerprint density at radius 3 is 2.58 bits per heavy atom. The van der Waals surface area contributed by atoms with Crippen molar-refractivity contribution in [2.75, 3.05) is 32.1 Å². The van der Waals surface area contributed by atoms with Gasteiger partial charge in [-0.05, 0) is 61.2 Å². The van der Waals surface area contributed by atoms with Crippen LogP contribution in [0.2, 0.25) is 0 Å². The number of nitrogens with zero attached hydrogens (tertiary/aromatic N) is 1. The minimum Gasteiger partial charge on any atom is -0.497 e. The van der Waals surface area contributed by atoms with Crippen LogP contribution in [0.5, 0.6) is 11.5 Å². The van der Waals surface area contributed by atoms with Crippen LogP contribution in [0, 0.1) is 5.92 Å². The van der Waals surface area contributed by atoms with E-state index in [0.29, 0.717) is 19.6 Å². The fraction of sp³-hybridized carbons (Fsp3) is 0.444. The monoisotopic (exact) mass is 450 g/mol. The molecule has 2 fully saturated rings. The number of fused-ring (bicyclic) bond motifs is 1. The first kappa shape index (κ1) is 23.3. The number of rotatable bonds is 8. The number of ether oxygens (including phenoxy) is 2. The smallest absolute Gasteiger partial charge is 0.238 e. The van der Waals surface area contributed by atoms with E-state index >= 15 is 0 Å². The zero-order valence-corrected chi connectivity index (χ0v) is 19.3. The zero-order valence-electron chi connectivity index (χ0n) is 19.3. The Morgan fingerprint density at radius 2 is 1.88 bits per heavy atom. The molecule has 0 bridgehead atoms. The molecule has 0 radical (unpaired) electrons. The van der Waals surface area contributed by atoms with Crippen LogP contribution >= 0.6 is 0 Å². The van der Waals surface area contributed by atoms with E-state index in [1.807, 2.05) is 36.4 Å². The standard InChI is InChI=1S/C27H34N2O4/c1-3-18-33-23-11-7-20(8-12-23)26-24-6-4-5-15-27(24,31)16-17-29(26)19-25(30)28-21-9-13-22(32-2)14-10-21/h3,7-14,24,26,31H,1,4-6,15-19H2,2H3,(H,28,30). The molecule has 1 aliphatic carbocycles. The fourth-order valence-electron chi connectivity index (χ4n) is 5.34. The van der Waals surface area contributed by atoms with E-state index in [1.165, 1.54) is 0 Å². The second-order valence-corrected chi connectivity index (χ2v) is 9.07. The van der Waals surface area contributed by atoms with Gasteiger partial charge in [-0.2, -0.15) is 0 Å². The Hall–Kier alpha value is -2.83. The van der Waals surface area contributed by atoms with E-state index in [0.717, 1.165) is 48.4 Å². The Balaban J connectivity index is 1.53. The summed E-state index contributed by atoms with van der Waals surface area (Å²) >= 11 is 0. The Bertz CT molecular complexity index is 944. The highest BCUT2D eigenvalue weighted by molar-refractivity contribution is 5.92. The molecular formula is C27H34N2O4. The summed E-state index contributed by atoms with van der Waals surface area (Å²) in [5.41, 5.74) is 1.19. The summed E-state index contributed by atoms with van der Waals surface area (Å²) in [5, 5.41) is 14.5. The number of hydrogen-bond acceptors (Lipinski definition) is 5. The first-order chi connectivity index (χ1) is 16.0. The van der Waals surface area contributed by atoms with E-state index in [4.69, 9.17) is 9.47 Å². The average molecular weight is 451 g/mol. The number of benzene rings is 2. The molecule has 2 aromatic carbocycles. The minimum absolute atomic E-state index is 0.0147. The van der Waals surface area contributed by atoms with Gasteiger partial charge < -0.3 is 19.9 Å². The molecule has 1 aliphatic heterocycles. The van der Waals surface area contributed by atoms with Gasteiger partial charge in [-0.15, -0.1) is 0 Å². The topological polar surface area (TPSA) is 71.0 Å². The Labute approximate surface area is 196 Å². The summed E-state index contributed by atoms with van der Waals surface area (Å²) in [6, 6.07) is 15.4. The first-order valence-electron chi connectivity index (χ1n) is 11.8. The van der Waals surface area contributed by atoms with Gasteiger partial charge >= 0.3 is 0 Å². The highest BCUT2D eigenvalue weighted by atomic mass is 16.5. The highest BCUT2D eigenvalue weighted by Gasteiger charge is 2.49. The number of piperidine rings is 1. The van der Waals surface area contributed by atoms with Crippen molar-refractivity contribution in [3.8, 4) is 11.5 Å². The molecule has 0 aromatic heterocycles. The first-order valence-corrected chi connectivity index (χ1v) is 11.8. The lowest BCUT2D eigenvalue weighted by Crippen LogP contribution is -2.56. The number of anilines is 1. The van der Waals surface area contributed by atoms with Gasteiger partial charge in [0, 0.05) is 24.2 Å². The second kappa shape index (κ2) is 10.4. The Kier molecular flexibility index (Phi) is 7.36. The number of hydrogen-bond donors (Lipinski definition) is 2. The molecule has 3 atom stereocenters. The molecule has 1 heterocycles. The van der Waals surface area contributed by atoms with E-state index in [-0.39, 0.29) is 24.4 Å². The molecule has 4 rings (SSSR count). The van der Waals surface area contributed by atoms with E-state index in [2.05, 4.69) is 28.9 Å². The summed E-state index contributed by atoms with van der Waals surface area (Å²) in [6.45, 7) is 5.11. The molecule has 2 aliphatic rings.